The van der Waals surface area contributed by atoms with Crippen molar-refractivity contribution >= 4 is 35.1 Å². The average Bonchev–Trinajstić information content (AvgIpc) is 2.47. The SMILES string of the molecule is COCCNCCOc1cccc(Cl)c1Cl.O=C(O)C(=O)O. The van der Waals surface area contributed by atoms with Gasteiger partial charge in [-0.05, 0) is 12.1 Å². The molecule has 0 aromatic heterocycles. The molecule has 0 radical (unpaired) electrons. The molecule has 1 aromatic carbocycles. The number of aliphatic carboxylic acids is 2. The highest BCUT2D eigenvalue weighted by Gasteiger charge is 2.04. The van der Waals surface area contributed by atoms with E-state index < -0.39 is 11.9 Å². The van der Waals surface area contributed by atoms with E-state index in [9.17, 15) is 0 Å². The lowest BCUT2D eigenvalue weighted by Crippen LogP contribution is -2.24. The second-order valence-electron chi connectivity index (χ2n) is 3.75. The van der Waals surface area contributed by atoms with Crippen LogP contribution in [0.25, 0.3) is 0 Å². The van der Waals surface area contributed by atoms with Crippen molar-refractivity contribution in [3.8, 4) is 5.75 Å². The van der Waals surface area contributed by atoms with Gasteiger partial charge < -0.3 is 25.0 Å². The van der Waals surface area contributed by atoms with Gasteiger partial charge in [-0.1, -0.05) is 29.3 Å². The number of methoxy groups -OCH3 is 1. The fourth-order valence-electron chi connectivity index (χ4n) is 1.13. The van der Waals surface area contributed by atoms with Crippen LogP contribution in [0.5, 0.6) is 5.75 Å². The van der Waals surface area contributed by atoms with E-state index in [0.717, 1.165) is 13.1 Å². The standard InChI is InChI=1S/C11H15Cl2NO2.C2H2O4/c1-15-7-5-14-6-8-16-10-4-2-3-9(12)11(10)13;3-1(4)2(5)6/h2-4,14H,5-8H2,1H3;(H,3,4)(H,5,6). The minimum atomic E-state index is -1.82. The minimum Gasteiger partial charge on any atom is -0.491 e. The maximum atomic E-state index is 9.10. The predicted octanol–water partition coefficient (Wildman–Crippen LogP) is 1.76. The number of rotatable bonds is 7. The lowest BCUT2D eigenvalue weighted by Gasteiger charge is -2.09. The van der Waals surface area contributed by atoms with Crippen LogP contribution in [0.1, 0.15) is 0 Å². The van der Waals surface area contributed by atoms with E-state index in [2.05, 4.69) is 5.32 Å². The number of hydrogen-bond acceptors (Lipinski definition) is 5. The highest BCUT2D eigenvalue weighted by molar-refractivity contribution is 6.42. The van der Waals surface area contributed by atoms with Gasteiger partial charge in [-0.15, -0.1) is 0 Å². The molecule has 0 aliphatic rings. The summed E-state index contributed by atoms with van der Waals surface area (Å²) in [5.41, 5.74) is 0. The molecule has 1 rings (SSSR count). The summed E-state index contributed by atoms with van der Waals surface area (Å²) in [4.78, 5) is 18.2. The van der Waals surface area contributed by atoms with E-state index in [-0.39, 0.29) is 0 Å². The minimum absolute atomic E-state index is 0.459. The molecule has 124 valence electrons. The lowest BCUT2D eigenvalue weighted by atomic mass is 10.3. The van der Waals surface area contributed by atoms with Crippen molar-refractivity contribution in [2.24, 2.45) is 0 Å². The number of benzene rings is 1. The number of nitrogens with one attached hydrogen (secondary N) is 1. The second kappa shape index (κ2) is 12.0. The molecule has 0 spiro atoms. The first-order valence-corrected chi connectivity index (χ1v) is 6.88. The summed E-state index contributed by atoms with van der Waals surface area (Å²) in [6, 6.07) is 5.33. The first-order valence-electron chi connectivity index (χ1n) is 6.12. The molecule has 0 amide bonds. The van der Waals surface area contributed by atoms with Gasteiger partial charge in [0.1, 0.15) is 17.4 Å². The maximum absolute atomic E-state index is 9.10. The van der Waals surface area contributed by atoms with Gasteiger partial charge in [-0.2, -0.15) is 0 Å². The quantitative estimate of drug-likeness (QED) is 0.506. The molecule has 0 saturated carbocycles. The van der Waals surface area contributed by atoms with Crippen molar-refractivity contribution in [2.75, 3.05) is 33.4 Å². The van der Waals surface area contributed by atoms with Crippen LogP contribution in [-0.4, -0.2) is 55.6 Å². The van der Waals surface area contributed by atoms with Crippen LogP contribution >= 0.6 is 23.2 Å². The Bertz CT molecular complexity index is 472. The van der Waals surface area contributed by atoms with E-state index in [0.29, 0.717) is 29.0 Å². The van der Waals surface area contributed by atoms with E-state index >= 15 is 0 Å². The predicted molar refractivity (Wildman–Crippen MR) is 82.0 cm³/mol. The molecule has 0 fully saturated rings. The van der Waals surface area contributed by atoms with E-state index in [4.69, 9.17) is 52.5 Å². The van der Waals surface area contributed by atoms with Crippen molar-refractivity contribution in [1.82, 2.24) is 5.32 Å². The molecule has 3 N–H and O–H groups in total. The Morgan fingerprint density at radius 3 is 2.27 bits per heavy atom. The molecule has 0 aliphatic heterocycles. The van der Waals surface area contributed by atoms with E-state index in [1.54, 1.807) is 19.2 Å². The lowest BCUT2D eigenvalue weighted by molar-refractivity contribution is -0.159. The summed E-state index contributed by atoms with van der Waals surface area (Å²) in [5.74, 6) is -3.03. The van der Waals surface area contributed by atoms with Gasteiger partial charge in [-0.3, -0.25) is 0 Å². The van der Waals surface area contributed by atoms with E-state index in [1.165, 1.54) is 0 Å². The number of ether oxygens (including phenoxy) is 2. The Kier molecular flexibility index (Phi) is 11.2. The molecule has 0 bridgehead atoms. The largest absolute Gasteiger partial charge is 0.491 e. The second-order valence-corrected chi connectivity index (χ2v) is 4.54. The third kappa shape index (κ3) is 9.41. The number of carboxylic acid groups (broad SMARTS) is 2. The van der Waals surface area contributed by atoms with Crippen molar-refractivity contribution in [1.29, 1.82) is 0 Å². The number of carbonyl (C=O) groups is 2. The number of carboxylic acids is 2. The number of hydrogen-bond donors (Lipinski definition) is 3. The Morgan fingerprint density at radius 1 is 1.14 bits per heavy atom. The summed E-state index contributed by atoms with van der Waals surface area (Å²) in [7, 11) is 1.67. The van der Waals surface area contributed by atoms with Gasteiger partial charge in [0.25, 0.3) is 0 Å². The zero-order valence-electron chi connectivity index (χ0n) is 11.8. The van der Waals surface area contributed by atoms with Gasteiger partial charge in [0.15, 0.2) is 0 Å². The summed E-state index contributed by atoms with van der Waals surface area (Å²) < 4.78 is 10.4. The van der Waals surface area contributed by atoms with Gasteiger partial charge in [-0.25, -0.2) is 9.59 Å². The highest BCUT2D eigenvalue weighted by atomic mass is 35.5. The van der Waals surface area contributed by atoms with Gasteiger partial charge in [0.2, 0.25) is 0 Å². The highest BCUT2D eigenvalue weighted by Crippen LogP contribution is 2.31. The van der Waals surface area contributed by atoms with Gasteiger partial charge >= 0.3 is 11.9 Å². The topological polar surface area (TPSA) is 105 Å². The van der Waals surface area contributed by atoms with Crippen molar-refractivity contribution in [3.63, 3.8) is 0 Å². The normalized spacial score (nSPS) is 9.59. The van der Waals surface area contributed by atoms with Crippen LogP contribution in [0, 0.1) is 0 Å². The molecular formula is C13H17Cl2NO6. The van der Waals surface area contributed by atoms with E-state index in [1.807, 2.05) is 6.07 Å². The Balaban J connectivity index is 0.000000626. The molecule has 0 aliphatic carbocycles. The molecular weight excluding hydrogens is 337 g/mol. The van der Waals surface area contributed by atoms with Crippen LogP contribution in [0.3, 0.4) is 0 Å². The zero-order chi connectivity index (χ0) is 17.0. The molecule has 9 heteroatoms. The van der Waals surface area contributed by atoms with Crippen LogP contribution in [0.4, 0.5) is 0 Å². The molecule has 0 unspecified atom stereocenters. The first-order chi connectivity index (χ1) is 10.4. The Labute approximate surface area is 137 Å². The van der Waals surface area contributed by atoms with Gasteiger partial charge in [0.05, 0.1) is 11.6 Å². The Morgan fingerprint density at radius 2 is 1.73 bits per heavy atom. The van der Waals surface area contributed by atoms with Crippen LogP contribution < -0.4 is 10.1 Å². The molecule has 1 aromatic rings. The molecule has 0 atom stereocenters. The van der Waals surface area contributed by atoms with Crippen LogP contribution in [0.15, 0.2) is 18.2 Å². The Hall–Kier alpha value is -1.54. The molecule has 22 heavy (non-hydrogen) atoms. The molecule has 7 nitrogen and oxygen atoms in total. The van der Waals surface area contributed by atoms with Crippen LogP contribution in [0.2, 0.25) is 10.0 Å². The summed E-state index contributed by atoms with van der Waals surface area (Å²) >= 11 is 11.8. The summed E-state index contributed by atoms with van der Waals surface area (Å²) in [5, 5.41) is 18.9. The first kappa shape index (κ1) is 20.5. The third-order valence-corrected chi connectivity index (χ3v) is 2.92. The fraction of sp³-hybridized carbons (Fsp3) is 0.385. The summed E-state index contributed by atoms with van der Waals surface area (Å²) in [6.45, 7) is 2.79. The van der Waals surface area contributed by atoms with Crippen molar-refractivity contribution < 1.29 is 29.3 Å². The fourth-order valence-corrected chi connectivity index (χ4v) is 1.47. The van der Waals surface area contributed by atoms with Gasteiger partial charge in [0, 0.05) is 20.2 Å². The average molecular weight is 354 g/mol. The van der Waals surface area contributed by atoms with Crippen molar-refractivity contribution in [3.05, 3.63) is 28.2 Å². The third-order valence-electron chi connectivity index (χ3n) is 2.12. The smallest absolute Gasteiger partial charge is 0.414 e. The molecule has 0 heterocycles. The molecule has 0 saturated heterocycles. The zero-order valence-corrected chi connectivity index (χ0v) is 13.4. The number of halogens is 2. The maximum Gasteiger partial charge on any atom is 0.414 e. The van der Waals surface area contributed by atoms with Crippen molar-refractivity contribution in [2.45, 2.75) is 0 Å². The monoisotopic (exact) mass is 353 g/mol. The van der Waals surface area contributed by atoms with Crippen LogP contribution in [-0.2, 0) is 14.3 Å². The summed E-state index contributed by atoms with van der Waals surface area (Å²) in [6.07, 6.45) is 0.